The SMILES string of the molecule is CC(C)(C)C(C)(C)C.CC(C)(C)C(C)(C)C.CC(C)C(C)C(C)C.CC1(C2CC2)CC1.CC1CC(C)(C)C1.CC1CC(C)C1C.CC1C[C@H](C)C1C.CCC(C)(C)C(C)(C)C.CCC(C)(C)C(C)C.CCC(C)C(C)(C)C.CCC1CC(C)C1.CC[C@@H](C)C(C)(C)C.C[C@H]1CC1C1CC1. The molecule has 9 atom stereocenters. The molecule has 0 heterocycles. The second kappa shape index (κ2) is 46.4. The highest BCUT2D eigenvalue weighted by Crippen LogP contribution is 2.61. The van der Waals surface area contributed by atoms with E-state index in [1.807, 2.05) is 0 Å². The summed E-state index contributed by atoms with van der Waals surface area (Å²) in [4.78, 5) is 0. The molecule has 8 aliphatic rings. The maximum atomic E-state index is 2.44. The second-order valence-electron chi connectivity index (χ2n) is 47.0. The van der Waals surface area contributed by atoms with Gasteiger partial charge in [-0.2, -0.15) is 0 Å². The van der Waals surface area contributed by atoms with Crippen LogP contribution >= 0.6 is 0 Å². The van der Waals surface area contributed by atoms with Gasteiger partial charge in [0.05, 0.1) is 0 Å². The van der Waals surface area contributed by atoms with Crippen LogP contribution in [0.1, 0.15) is 469 Å². The van der Waals surface area contributed by atoms with Crippen molar-refractivity contribution in [1.29, 1.82) is 0 Å². The first-order valence-electron chi connectivity index (χ1n) is 43.9. The normalized spacial score (nSPS) is 26.3. The molecule has 99 heavy (non-hydrogen) atoms. The van der Waals surface area contributed by atoms with Crippen LogP contribution in [0.5, 0.6) is 0 Å². The summed E-state index contributed by atoms with van der Waals surface area (Å²) in [6, 6.07) is 0. The van der Waals surface area contributed by atoms with Gasteiger partial charge in [0.25, 0.3) is 0 Å². The maximum Gasteiger partial charge on any atom is -0.0297 e. The van der Waals surface area contributed by atoms with Gasteiger partial charge in [-0.25, -0.2) is 0 Å². The molecule has 0 N–H and O–H groups in total. The molecule has 0 bridgehead atoms. The third-order valence-electron chi connectivity index (χ3n) is 30.1. The summed E-state index contributed by atoms with van der Waals surface area (Å²) in [5.74, 6) is 18.9. The minimum atomic E-state index is 0.437. The molecule has 8 rings (SSSR count). The highest BCUT2D eigenvalue weighted by molar-refractivity contribution is 5.00. The smallest absolute Gasteiger partial charge is 0.0297 e. The van der Waals surface area contributed by atoms with Gasteiger partial charge in [0.2, 0.25) is 0 Å². The van der Waals surface area contributed by atoms with E-state index in [9.17, 15) is 0 Å². The van der Waals surface area contributed by atoms with Gasteiger partial charge >= 0.3 is 0 Å². The third kappa shape index (κ3) is 50.3. The zero-order chi connectivity index (χ0) is 80.2. The van der Waals surface area contributed by atoms with Gasteiger partial charge in [0.15, 0.2) is 0 Å². The lowest BCUT2D eigenvalue weighted by Gasteiger charge is -2.40. The van der Waals surface area contributed by atoms with Crippen LogP contribution in [0.3, 0.4) is 0 Å². The fraction of sp³-hybridized carbons (Fsp3) is 1.00. The molecule has 0 saturated heterocycles. The summed E-state index contributed by atoms with van der Waals surface area (Å²) in [6.07, 6.45) is 26.1. The highest BCUT2D eigenvalue weighted by atomic mass is 14.5. The first-order valence-corrected chi connectivity index (χ1v) is 43.9. The summed E-state index contributed by atoms with van der Waals surface area (Å²) in [7, 11) is 0. The van der Waals surface area contributed by atoms with Gasteiger partial charge in [-0.15, -0.1) is 0 Å². The van der Waals surface area contributed by atoms with Crippen molar-refractivity contribution in [3.63, 3.8) is 0 Å². The van der Waals surface area contributed by atoms with Crippen molar-refractivity contribution in [2.45, 2.75) is 469 Å². The van der Waals surface area contributed by atoms with Gasteiger partial charge in [-0.3, -0.25) is 0 Å². The van der Waals surface area contributed by atoms with Crippen LogP contribution in [-0.2, 0) is 0 Å². The van der Waals surface area contributed by atoms with E-state index in [4.69, 9.17) is 0 Å². The van der Waals surface area contributed by atoms with Crippen LogP contribution in [0.25, 0.3) is 0 Å². The molecular formula is C99H208. The lowest BCUT2D eigenvalue weighted by molar-refractivity contribution is 0.111. The molecule has 0 aromatic rings. The van der Waals surface area contributed by atoms with Crippen LogP contribution in [0.4, 0.5) is 0 Å². The molecule has 0 amide bonds. The summed E-state index contributed by atoms with van der Waals surface area (Å²) >= 11 is 0. The largest absolute Gasteiger partial charge is 0.0651 e. The van der Waals surface area contributed by atoms with Crippen molar-refractivity contribution >= 4 is 0 Å². The van der Waals surface area contributed by atoms with E-state index in [2.05, 4.69) is 353 Å². The molecule has 0 aliphatic heterocycles. The van der Waals surface area contributed by atoms with E-state index in [0.717, 1.165) is 106 Å². The minimum Gasteiger partial charge on any atom is -0.0651 e. The van der Waals surface area contributed by atoms with E-state index in [-0.39, 0.29) is 0 Å². The van der Waals surface area contributed by atoms with Gasteiger partial charge < -0.3 is 0 Å². The lowest BCUT2D eigenvalue weighted by Crippen LogP contribution is -2.29. The van der Waals surface area contributed by atoms with Crippen LogP contribution in [0, 0.1) is 172 Å². The summed E-state index contributed by atoms with van der Waals surface area (Å²) in [6.45, 7) is 117. The Kier molecular flexibility index (Phi) is 50.4. The molecule has 0 aromatic heterocycles. The van der Waals surface area contributed by atoms with E-state index in [1.54, 1.807) is 19.3 Å². The topological polar surface area (TPSA) is 0 Å². The van der Waals surface area contributed by atoms with Crippen molar-refractivity contribution in [2.24, 2.45) is 172 Å². The number of hydrogen-bond acceptors (Lipinski definition) is 0. The van der Waals surface area contributed by atoms with E-state index in [0.29, 0.717) is 54.1 Å². The van der Waals surface area contributed by atoms with Crippen LogP contribution in [0.15, 0.2) is 0 Å². The zero-order valence-corrected chi connectivity index (χ0v) is 80.2. The van der Waals surface area contributed by atoms with Crippen molar-refractivity contribution in [2.75, 3.05) is 0 Å². The average Bonchev–Trinajstić information content (AvgIpc) is 1.62. The Morgan fingerprint density at radius 2 is 0.667 bits per heavy atom. The van der Waals surface area contributed by atoms with Crippen LogP contribution in [0.2, 0.25) is 0 Å². The zero-order valence-electron chi connectivity index (χ0n) is 80.2. The van der Waals surface area contributed by atoms with Gasteiger partial charge in [0.1, 0.15) is 0 Å². The Bertz CT molecular complexity index is 1780. The van der Waals surface area contributed by atoms with E-state index in [1.165, 1.54) is 108 Å². The molecule has 0 heteroatoms. The molecule has 8 saturated carbocycles. The van der Waals surface area contributed by atoms with Crippen LogP contribution in [-0.4, -0.2) is 0 Å². The Labute approximate surface area is 637 Å². The quantitative estimate of drug-likeness (QED) is 0.205. The highest BCUT2D eigenvalue weighted by Gasteiger charge is 2.49. The molecule has 604 valence electrons. The summed E-state index contributed by atoms with van der Waals surface area (Å²) < 4.78 is 0. The van der Waals surface area contributed by atoms with E-state index >= 15 is 0 Å². The monoisotopic (exact) mass is 1400 g/mol. The third-order valence-corrected chi connectivity index (χ3v) is 30.1. The molecule has 8 fully saturated rings. The van der Waals surface area contributed by atoms with Gasteiger partial charge in [0, 0.05) is 0 Å². The van der Waals surface area contributed by atoms with E-state index < -0.39 is 0 Å². The van der Waals surface area contributed by atoms with Gasteiger partial charge in [-0.05, 0) is 255 Å². The lowest BCUT2D eigenvalue weighted by atomic mass is 9.65. The first kappa shape index (κ1) is 108. The van der Waals surface area contributed by atoms with Crippen molar-refractivity contribution in [1.82, 2.24) is 0 Å². The first-order chi connectivity index (χ1) is 43.9. The molecule has 0 spiro atoms. The number of hydrogen-bond donors (Lipinski definition) is 0. The summed E-state index contributed by atoms with van der Waals surface area (Å²) in [5.41, 5.74) is 5.79. The molecule has 6 unspecified atom stereocenters. The predicted molar refractivity (Wildman–Crippen MR) is 466 cm³/mol. The Hall–Kier alpha value is 0. The molecular weight excluding hydrogens is 1190 g/mol. The molecule has 8 aliphatic carbocycles. The average molecular weight is 1400 g/mol. The second-order valence-corrected chi connectivity index (χ2v) is 47.0. The molecule has 0 radical (unpaired) electrons. The van der Waals surface area contributed by atoms with Crippen molar-refractivity contribution in [3.8, 4) is 0 Å². The Morgan fingerprint density at radius 1 is 0.364 bits per heavy atom. The fourth-order valence-corrected chi connectivity index (χ4v) is 11.8. The molecule has 0 aromatic carbocycles. The van der Waals surface area contributed by atoms with Crippen molar-refractivity contribution in [3.05, 3.63) is 0 Å². The van der Waals surface area contributed by atoms with Crippen LogP contribution < -0.4 is 0 Å². The molecule has 0 nitrogen and oxygen atoms in total. The van der Waals surface area contributed by atoms with Gasteiger partial charge in [-0.1, -0.05) is 385 Å². The minimum absolute atomic E-state index is 0.437. The maximum absolute atomic E-state index is 2.44. The Balaban J connectivity index is -0.000000322. The fourth-order valence-electron chi connectivity index (χ4n) is 11.8. The number of rotatable bonds is 10. The predicted octanol–water partition coefficient (Wildman–Crippen LogP) is 35.5. The summed E-state index contributed by atoms with van der Waals surface area (Å²) in [5, 5.41) is 0. The Morgan fingerprint density at radius 3 is 0.697 bits per heavy atom. The van der Waals surface area contributed by atoms with Crippen molar-refractivity contribution < 1.29 is 0 Å². The standard InChI is InChI=1S/C9H20.6C8H18.2C7H12.4C7H14/c1-7-9(5,6)8(2,3)4;2*1-7(2,3)8(4,5)6;2*1-6-7(2)8(3,4)5;1-6-8(4,5)7(2)3;1-6(2)8(5)7(3)4;1-7(4-5-7)6-2-3-6;1-5-4-7(5)6-2-3-6;1-6-4-7(2,3)5-6;2*1-5-4-6(2)7(5)3;1-3-7-4-6(2)5-7/h7H2,1-6H3;2*1-6H3;3*7H,6H2,1-5H3;6-8H,1-5H3;6H,2-5H2,1H3;5-7H,2-4H2,1H3;6H,4-5H2,1-3H3;2*5-7H,4H2,1-3H3;6-7H,3-5H2,1-2H3/t;;;7-;;;;;5-,7?;;5-,6?,7?;;/m...1....0.0../s1.